The number of hydrogen-bond donors (Lipinski definition) is 3. The third-order valence-electron chi connectivity index (χ3n) is 4.57. The van der Waals surface area contributed by atoms with Crippen LogP contribution in [-0.4, -0.2) is 34.6 Å². The second-order valence-electron chi connectivity index (χ2n) is 5.95. The van der Waals surface area contributed by atoms with Crippen molar-refractivity contribution in [3.63, 3.8) is 0 Å². The molecule has 3 N–H and O–H groups in total. The van der Waals surface area contributed by atoms with Gasteiger partial charge in [0, 0.05) is 24.0 Å². The molecule has 2 aromatic carbocycles. The number of fused-ring (bicyclic) bond motifs is 5. The Labute approximate surface area is 127 Å². The summed E-state index contributed by atoms with van der Waals surface area (Å²) in [6.45, 7) is 0.145. The van der Waals surface area contributed by atoms with Crippen LogP contribution in [0.5, 0.6) is 23.0 Å². The van der Waals surface area contributed by atoms with Gasteiger partial charge in [-0.25, -0.2) is 0 Å². The molecule has 0 fully saturated rings. The first kappa shape index (κ1) is 13.3. The van der Waals surface area contributed by atoms with Crippen molar-refractivity contribution >= 4 is 0 Å². The lowest BCUT2D eigenvalue weighted by atomic mass is 9.80. The van der Waals surface area contributed by atoms with Gasteiger partial charge in [0.2, 0.25) is 0 Å². The third-order valence-corrected chi connectivity index (χ3v) is 4.57. The number of methoxy groups -OCH3 is 1. The van der Waals surface area contributed by atoms with Crippen LogP contribution >= 0.6 is 0 Å². The van der Waals surface area contributed by atoms with Gasteiger partial charge in [-0.15, -0.1) is 0 Å². The first-order valence-corrected chi connectivity index (χ1v) is 7.10. The minimum absolute atomic E-state index is 0.0651. The third kappa shape index (κ3) is 1.69. The molecule has 2 aliphatic rings. The SMILES string of the molecule is COc1cc2c(cc1O)C[C@@]1(O)COc3cc(O)ccc3[C@@H]21. The molecule has 5 nitrogen and oxygen atoms in total. The number of aromatic hydroxyl groups is 2. The topological polar surface area (TPSA) is 79.2 Å². The summed E-state index contributed by atoms with van der Waals surface area (Å²) >= 11 is 0. The van der Waals surface area contributed by atoms with E-state index in [-0.39, 0.29) is 24.0 Å². The maximum absolute atomic E-state index is 11.0. The van der Waals surface area contributed by atoms with Crippen LogP contribution in [0, 0.1) is 0 Å². The number of phenols is 2. The van der Waals surface area contributed by atoms with E-state index in [9.17, 15) is 15.3 Å². The Morgan fingerprint density at radius 1 is 1.18 bits per heavy atom. The Morgan fingerprint density at radius 2 is 2.00 bits per heavy atom. The molecule has 0 amide bonds. The molecular weight excluding hydrogens is 284 g/mol. The van der Waals surface area contributed by atoms with Gasteiger partial charge in [-0.3, -0.25) is 0 Å². The van der Waals surface area contributed by atoms with Crippen LogP contribution in [0.3, 0.4) is 0 Å². The molecule has 0 bridgehead atoms. The van der Waals surface area contributed by atoms with Crippen molar-refractivity contribution < 1.29 is 24.8 Å². The number of rotatable bonds is 1. The summed E-state index contributed by atoms with van der Waals surface area (Å²) in [6.07, 6.45) is 0.408. The number of hydrogen-bond acceptors (Lipinski definition) is 5. The van der Waals surface area contributed by atoms with Gasteiger partial charge in [-0.1, -0.05) is 6.07 Å². The molecule has 1 aliphatic heterocycles. The highest BCUT2D eigenvalue weighted by Gasteiger charge is 2.50. The molecule has 0 unspecified atom stereocenters. The van der Waals surface area contributed by atoms with Gasteiger partial charge in [0.25, 0.3) is 0 Å². The van der Waals surface area contributed by atoms with Crippen molar-refractivity contribution in [2.45, 2.75) is 17.9 Å². The van der Waals surface area contributed by atoms with Gasteiger partial charge in [-0.2, -0.15) is 0 Å². The zero-order valence-corrected chi connectivity index (χ0v) is 12.0. The van der Waals surface area contributed by atoms with Crippen molar-refractivity contribution in [3.8, 4) is 23.0 Å². The van der Waals surface area contributed by atoms with E-state index in [1.807, 2.05) is 0 Å². The second kappa shape index (κ2) is 4.30. The Morgan fingerprint density at radius 3 is 2.77 bits per heavy atom. The van der Waals surface area contributed by atoms with Crippen LogP contribution in [-0.2, 0) is 6.42 Å². The minimum Gasteiger partial charge on any atom is -0.508 e. The van der Waals surface area contributed by atoms with E-state index in [2.05, 4.69) is 0 Å². The van der Waals surface area contributed by atoms with E-state index in [1.54, 1.807) is 30.3 Å². The van der Waals surface area contributed by atoms with Crippen LogP contribution < -0.4 is 9.47 Å². The average Bonchev–Trinajstić information content (AvgIpc) is 2.77. The van der Waals surface area contributed by atoms with Crippen molar-refractivity contribution in [1.82, 2.24) is 0 Å². The molecule has 2 atom stereocenters. The molecular formula is C17H16O5. The molecule has 0 spiro atoms. The van der Waals surface area contributed by atoms with E-state index in [1.165, 1.54) is 7.11 Å². The van der Waals surface area contributed by atoms with E-state index in [0.717, 1.165) is 16.7 Å². The lowest BCUT2D eigenvalue weighted by Crippen LogP contribution is -2.43. The second-order valence-corrected chi connectivity index (χ2v) is 5.95. The van der Waals surface area contributed by atoms with E-state index < -0.39 is 5.60 Å². The monoisotopic (exact) mass is 300 g/mol. The van der Waals surface area contributed by atoms with Gasteiger partial charge in [0.1, 0.15) is 23.7 Å². The fourth-order valence-electron chi connectivity index (χ4n) is 3.61. The van der Waals surface area contributed by atoms with E-state index >= 15 is 0 Å². The molecule has 0 radical (unpaired) electrons. The molecule has 1 aliphatic carbocycles. The van der Waals surface area contributed by atoms with Gasteiger partial charge in [0.05, 0.1) is 7.11 Å². The highest BCUT2D eigenvalue weighted by molar-refractivity contribution is 5.58. The molecule has 22 heavy (non-hydrogen) atoms. The summed E-state index contributed by atoms with van der Waals surface area (Å²) in [7, 11) is 1.50. The summed E-state index contributed by atoms with van der Waals surface area (Å²) < 4.78 is 10.8. The standard InChI is InChI=1S/C17H16O5/c1-21-15-6-12-9(4-13(15)19)7-17(20)8-22-14-5-10(18)2-3-11(14)16(12)17/h2-6,16,18-20H,7-8H2,1H3/t16-,17+/m0/s1. The normalized spacial score (nSPS) is 24.9. The maximum atomic E-state index is 11.0. The maximum Gasteiger partial charge on any atom is 0.160 e. The zero-order chi connectivity index (χ0) is 15.5. The van der Waals surface area contributed by atoms with Crippen molar-refractivity contribution in [2.24, 2.45) is 0 Å². The fourth-order valence-corrected chi connectivity index (χ4v) is 3.61. The van der Waals surface area contributed by atoms with Gasteiger partial charge in [-0.05, 0) is 29.3 Å². The number of phenolic OH excluding ortho intramolecular Hbond substituents is 2. The van der Waals surface area contributed by atoms with E-state index in [0.29, 0.717) is 17.9 Å². The lowest BCUT2D eigenvalue weighted by Gasteiger charge is -2.36. The predicted molar refractivity (Wildman–Crippen MR) is 78.8 cm³/mol. The number of benzene rings is 2. The molecule has 2 aromatic rings. The summed E-state index contributed by atoms with van der Waals surface area (Å²) in [4.78, 5) is 0. The molecule has 5 heteroatoms. The zero-order valence-electron chi connectivity index (χ0n) is 12.0. The van der Waals surface area contributed by atoms with Crippen LogP contribution in [0.15, 0.2) is 30.3 Å². The smallest absolute Gasteiger partial charge is 0.160 e. The Bertz CT molecular complexity index is 770. The van der Waals surface area contributed by atoms with Crippen molar-refractivity contribution in [3.05, 3.63) is 47.0 Å². The molecule has 1 heterocycles. The quantitative estimate of drug-likeness (QED) is 0.750. The molecule has 0 saturated heterocycles. The summed E-state index contributed by atoms with van der Waals surface area (Å²) in [5, 5.41) is 30.6. The summed E-state index contributed by atoms with van der Waals surface area (Å²) in [5.74, 6) is 0.895. The Balaban J connectivity index is 1.93. The minimum atomic E-state index is -1.05. The molecule has 4 rings (SSSR count). The first-order chi connectivity index (χ1) is 10.5. The molecule has 0 saturated carbocycles. The van der Waals surface area contributed by atoms with Crippen LogP contribution in [0.1, 0.15) is 22.6 Å². The fraction of sp³-hybridized carbons (Fsp3) is 0.294. The predicted octanol–water partition coefficient (Wildman–Crippen LogP) is 1.92. The highest BCUT2D eigenvalue weighted by Crippen LogP contribution is 2.53. The summed E-state index contributed by atoms with van der Waals surface area (Å²) in [5.41, 5.74) is 1.59. The average molecular weight is 300 g/mol. The Hall–Kier alpha value is -2.40. The van der Waals surface area contributed by atoms with Crippen molar-refractivity contribution in [1.29, 1.82) is 0 Å². The van der Waals surface area contributed by atoms with Crippen LogP contribution in [0.2, 0.25) is 0 Å². The molecule has 114 valence electrons. The largest absolute Gasteiger partial charge is 0.508 e. The lowest BCUT2D eigenvalue weighted by molar-refractivity contribution is -0.0218. The highest BCUT2D eigenvalue weighted by atomic mass is 16.5. The van der Waals surface area contributed by atoms with E-state index in [4.69, 9.17) is 9.47 Å². The molecule has 0 aromatic heterocycles. The van der Waals surface area contributed by atoms with Gasteiger partial charge >= 0.3 is 0 Å². The number of ether oxygens (including phenoxy) is 2. The van der Waals surface area contributed by atoms with Gasteiger partial charge < -0.3 is 24.8 Å². The van der Waals surface area contributed by atoms with Crippen molar-refractivity contribution in [2.75, 3.05) is 13.7 Å². The first-order valence-electron chi connectivity index (χ1n) is 7.10. The summed E-state index contributed by atoms with van der Waals surface area (Å²) in [6, 6.07) is 8.34. The van der Waals surface area contributed by atoms with Crippen LogP contribution in [0.4, 0.5) is 0 Å². The van der Waals surface area contributed by atoms with Crippen LogP contribution in [0.25, 0.3) is 0 Å². The Kier molecular flexibility index (Phi) is 2.60. The van der Waals surface area contributed by atoms with Gasteiger partial charge in [0.15, 0.2) is 11.5 Å². The number of aliphatic hydroxyl groups is 1.